The second-order valence-corrected chi connectivity index (χ2v) is 5.37. The standard InChI is InChI=1S/C13H17NO3/c15-12(14-5-1-2-6-14)10-8-3-4-9(7-8)11(10)13(16)17/h3-4,8-11H,1-2,5-7H2,(H,16,17)/t8-,9-,10-,11+/m1/s1. The van der Waals surface area contributed by atoms with Crippen LogP contribution in [0.3, 0.4) is 0 Å². The predicted octanol–water partition coefficient (Wildman–Crippen LogP) is 1.13. The lowest BCUT2D eigenvalue weighted by atomic mass is 9.82. The van der Waals surface area contributed by atoms with Crippen molar-refractivity contribution in [3.8, 4) is 0 Å². The molecule has 3 rings (SSSR count). The zero-order chi connectivity index (χ0) is 12.0. The molecule has 1 saturated carbocycles. The first-order chi connectivity index (χ1) is 8.18. The van der Waals surface area contributed by atoms with Crippen molar-refractivity contribution < 1.29 is 14.7 Å². The number of hydrogen-bond acceptors (Lipinski definition) is 2. The average Bonchev–Trinajstić information content (AvgIpc) is 3.02. The molecule has 0 aromatic carbocycles. The van der Waals surface area contributed by atoms with Gasteiger partial charge in [-0.2, -0.15) is 0 Å². The number of rotatable bonds is 2. The van der Waals surface area contributed by atoms with Crippen molar-refractivity contribution in [3.63, 3.8) is 0 Å². The monoisotopic (exact) mass is 235 g/mol. The van der Waals surface area contributed by atoms with Crippen molar-refractivity contribution in [1.29, 1.82) is 0 Å². The zero-order valence-corrected chi connectivity index (χ0v) is 9.71. The Kier molecular flexibility index (Phi) is 2.45. The van der Waals surface area contributed by atoms with Crippen LogP contribution in [0, 0.1) is 23.7 Å². The highest BCUT2D eigenvalue weighted by Crippen LogP contribution is 2.48. The molecule has 92 valence electrons. The number of carboxylic acids is 1. The van der Waals surface area contributed by atoms with E-state index in [-0.39, 0.29) is 23.7 Å². The quantitative estimate of drug-likeness (QED) is 0.730. The van der Waals surface area contributed by atoms with Gasteiger partial charge in [-0.15, -0.1) is 0 Å². The summed E-state index contributed by atoms with van der Waals surface area (Å²) >= 11 is 0. The first-order valence-corrected chi connectivity index (χ1v) is 6.38. The summed E-state index contributed by atoms with van der Waals surface area (Å²) in [4.78, 5) is 25.6. The summed E-state index contributed by atoms with van der Waals surface area (Å²) in [6.07, 6.45) is 6.99. The molecular formula is C13H17NO3. The molecule has 0 aromatic rings. The normalized spacial score (nSPS) is 38.9. The highest BCUT2D eigenvalue weighted by molar-refractivity contribution is 5.87. The summed E-state index contributed by atoms with van der Waals surface area (Å²) in [6.45, 7) is 1.62. The van der Waals surface area contributed by atoms with E-state index in [1.807, 2.05) is 17.1 Å². The van der Waals surface area contributed by atoms with Crippen molar-refractivity contribution in [2.45, 2.75) is 19.3 Å². The molecule has 0 aromatic heterocycles. The van der Waals surface area contributed by atoms with E-state index in [0.29, 0.717) is 0 Å². The van der Waals surface area contributed by atoms with E-state index in [2.05, 4.69) is 0 Å². The number of aliphatic carboxylic acids is 1. The summed E-state index contributed by atoms with van der Waals surface area (Å²) in [5.74, 6) is -1.28. The Bertz CT molecular complexity index is 384. The van der Waals surface area contributed by atoms with Gasteiger partial charge in [-0.05, 0) is 31.1 Å². The highest BCUT2D eigenvalue weighted by Gasteiger charge is 2.52. The number of carbonyl (C=O) groups is 2. The average molecular weight is 235 g/mol. The van der Waals surface area contributed by atoms with E-state index in [1.165, 1.54) is 0 Å². The molecule has 1 N–H and O–H groups in total. The van der Waals surface area contributed by atoms with Gasteiger partial charge in [-0.1, -0.05) is 12.2 Å². The molecule has 2 fully saturated rings. The minimum Gasteiger partial charge on any atom is -0.481 e. The van der Waals surface area contributed by atoms with Crippen LogP contribution in [0.1, 0.15) is 19.3 Å². The summed E-state index contributed by atoms with van der Waals surface area (Å²) in [5, 5.41) is 9.29. The Labute approximate surface area is 100 Å². The van der Waals surface area contributed by atoms with Crippen LogP contribution in [0.5, 0.6) is 0 Å². The molecule has 1 aliphatic heterocycles. The summed E-state index contributed by atoms with van der Waals surface area (Å²) in [6, 6.07) is 0. The van der Waals surface area contributed by atoms with Crippen molar-refractivity contribution in [3.05, 3.63) is 12.2 Å². The van der Waals surface area contributed by atoms with Gasteiger partial charge in [0.15, 0.2) is 0 Å². The maximum Gasteiger partial charge on any atom is 0.307 e. The van der Waals surface area contributed by atoms with E-state index in [0.717, 1.165) is 32.4 Å². The molecule has 0 unspecified atom stereocenters. The predicted molar refractivity (Wildman–Crippen MR) is 61.2 cm³/mol. The number of amides is 1. The van der Waals surface area contributed by atoms with Gasteiger partial charge in [0.25, 0.3) is 0 Å². The summed E-state index contributed by atoms with van der Waals surface area (Å²) < 4.78 is 0. The number of allylic oxidation sites excluding steroid dienone is 2. The van der Waals surface area contributed by atoms with Gasteiger partial charge in [-0.3, -0.25) is 9.59 Å². The van der Waals surface area contributed by atoms with Gasteiger partial charge >= 0.3 is 5.97 Å². The second kappa shape index (κ2) is 3.86. The third-order valence-corrected chi connectivity index (χ3v) is 4.45. The molecule has 1 heterocycles. The SMILES string of the molecule is O=C(O)[C@@H]1[C@H](C(=O)N2CCCC2)[C@@H]2C=C[C@@H]1C2. The summed E-state index contributed by atoms with van der Waals surface area (Å²) in [5.41, 5.74) is 0. The van der Waals surface area contributed by atoms with Crippen LogP contribution in [0.15, 0.2) is 12.2 Å². The molecule has 4 atom stereocenters. The van der Waals surface area contributed by atoms with E-state index in [9.17, 15) is 14.7 Å². The number of fused-ring (bicyclic) bond motifs is 2. The molecule has 0 radical (unpaired) electrons. The topological polar surface area (TPSA) is 57.6 Å². The van der Waals surface area contributed by atoms with Crippen LogP contribution >= 0.6 is 0 Å². The molecule has 1 amide bonds. The maximum absolute atomic E-state index is 12.4. The molecule has 0 spiro atoms. The van der Waals surface area contributed by atoms with E-state index < -0.39 is 11.9 Å². The van der Waals surface area contributed by atoms with Gasteiger partial charge < -0.3 is 10.0 Å². The number of likely N-dealkylation sites (tertiary alicyclic amines) is 1. The zero-order valence-electron chi connectivity index (χ0n) is 9.71. The van der Waals surface area contributed by atoms with Gasteiger partial charge in [0.1, 0.15) is 0 Å². The third kappa shape index (κ3) is 1.58. The fourth-order valence-electron chi connectivity index (χ4n) is 3.64. The molecule has 2 bridgehead atoms. The Morgan fingerprint density at radius 3 is 2.24 bits per heavy atom. The number of carboxylic acid groups (broad SMARTS) is 1. The van der Waals surface area contributed by atoms with E-state index in [4.69, 9.17) is 0 Å². The van der Waals surface area contributed by atoms with Crippen molar-refractivity contribution in [2.24, 2.45) is 23.7 Å². The first-order valence-electron chi connectivity index (χ1n) is 6.38. The van der Waals surface area contributed by atoms with Crippen molar-refractivity contribution in [1.82, 2.24) is 4.90 Å². The fourth-order valence-corrected chi connectivity index (χ4v) is 3.64. The van der Waals surface area contributed by atoms with Crippen LogP contribution in [0.25, 0.3) is 0 Å². The van der Waals surface area contributed by atoms with Gasteiger partial charge in [0, 0.05) is 13.1 Å². The van der Waals surface area contributed by atoms with Crippen LogP contribution in [-0.2, 0) is 9.59 Å². The molecule has 2 aliphatic carbocycles. The molecule has 3 aliphatic rings. The van der Waals surface area contributed by atoms with Gasteiger partial charge in [0.05, 0.1) is 11.8 Å². The van der Waals surface area contributed by atoms with Crippen LogP contribution in [-0.4, -0.2) is 35.0 Å². The number of hydrogen-bond donors (Lipinski definition) is 1. The maximum atomic E-state index is 12.4. The van der Waals surface area contributed by atoms with Crippen molar-refractivity contribution >= 4 is 11.9 Å². The van der Waals surface area contributed by atoms with Gasteiger partial charge in [-0.25, -0.2) is 0 Å². The molecular weight excluding hydrogens is 218 g/mol. The minimum absolute atomic E-state index is 0.0757. The highest BCUT2D eigenvalue weighted by atomic mass is 16.4. The Morgan fingerprint density at radius 2 is 1.65 bits per heavy atom. The lowest BCUT2D eigenvalue weighted by Crippen LogP contribution is -2.41. The molecule has 17 heavy (non-hydrogen) atoms. The van der Waals surface area contributed by atoms with E-state index in [1.54, 1.807) is 0 Å². The molecule has 1 saturated heterocycles. The third-order valence-electron chi connectivity index (χ3n) is 4.45. The smallest absolute Gasteiger partial charge is 0.307 e. The Balaban J connectivity index is 1.83. The second-order valence-electron chi connectivity index (χ2n) is 5.37. The lowest BCUT2D eigenvalue weighted by Gasteiger charge is -2.28. The first kappa shape index (κ1) is 10.8. The minimum atomic E-state index is -0.806. The van der Waals surface area contributed by atoms with E-state index >= 15 is 0 Å². The van der Waals surface area contributed by atoms with Gasteiger partial charge in [0.2, 0.25) is 5.91 Å². The Morgan fingerprint density at radius 1 is 1.06 bits per heavy atom. The van der Waals surface area contributed by atoms with Crippen LogP contribution in [0.2, 0.25) is 0 Å². The number of carbonyl (C=O) groups excluding carboxylic acids is 1. The molecule has 4 nitrogen and oxygen atoms in total. The van der Waals surface area contributed by atoms with Crippen molar-refractivity contribution in [2.75, 3.05) is 13.1 Å². The largest absolute Gasteiger partial charge is 0.481 e. The Hall–Kier alpha value is -1.32. The van der Waals surface area contributed by atoms with Crippen LogP contribution in [0.4, 0.5) is 0 Å². The van der Waals surface area contributed by atoms with Crippen LogP contribution < -0.4 is 0 Å². The fraction of sp³-hybridized carbons (Fsp3) is 0.692. The molecule has 4 heteroatoms. The number of nitrogens with zero attached hydrogens (tertiary/aromatic N) is 1. The summed E-state index contributed by atoms with van der Waals surface area (Å²) in [7, 11) is 0. The lowest BCUT2D eigenvalue weighted by molar-refractivity contribution is -0.150.